The van der Waals surface area contributed by atoms with Gasteiger partial charge in [0.2, 0.25) is 11.6 Å². The second-order valence-electron chi connectivity index (χ2n) is 8.62. The van der Waals surface area contributed by atoms with Crippen LogP contribution in [0.15, 0.2) is 42.5 Å². The van der Waals surface area contributed by atoms with Crippen molar-refractivity contribution in [2.75, 3.05) is 0 Å². The second-order valence-corrected chi connectivity index (χ2v) is 8.62. The van der Waals surface area contributed by atoms with Crippen LogP contribution in [0.5, 0.6) is 11.5 Å². The first-order valence-corrected chi connectivity index (χ1v) is 10.9. The molecule has 0 unspecified atom stereocenters. The number of aromatic hydroxyl groups is 2. The summed E-state index contributed by atoms with van der Waals surface area (Å²) in [5, 5.41) is 18.5. The lowest BCUT2D eigenvalue weighted by Crippen LogP contribution is -2.15. The van der Waals surface area contributed by atoms with Crippen molar-refractivity contribution in [3.8, 4) is 22.6 Å². The maximum Gasteiger partial charge on any atom is 0.200 e. The maximum atomic E-state index is 14.9. The summed E-state index contributed by atoms with van der Waals surface area (Å²) in [5.41, 5.74) is 0.803. The molecular weight excluding hydrogens is 439 g/mol. The number of halogens is 5. The van der Waals surface area contributed by atoms with Gasteiger partial charge in [-0.05, 0) is 91.3 Å². The summed E-state index contributed by atoms with van der Waals surface area (Å²) in [4.78, 5) is 0. The van der Waals surface area contributed by atoms with Gasteiger partial charge in [-0.3, -0.25) is 0 Å². The molecule has 0 heterocycles. The minimum atomic E-state index is -1.37. The van der Waals surface area contributed by atoms with Gasteiger partial charge in [0.1, 0.15) is 5.82 Å². The van der Waals surface area contributed by atoms with Crippen LogP contribution in [-0.2, 0) is 6.42 Å². The number of aryl methyl sites for hydroxylation is 1. The minimum absolute atomic E-state index is 0.0143. The van der Waals surface area contributed by atoms with Gasteiger partial charge in [0.15, 0.2) is 23.1 Å². The fourth-order valence-corrected chi connectivity index (χ4v) is 4.68. The predicted octanol–water partition coefficient (Wildman–Crippen LogP) is 7.37. The molecule has 0 amide bonds. The first-order valence-electron chi connectivity index (χ1n) is 10.9. The number of hydrogen-bond donors (Lipinski definition) is 2. The quantitative estimate of drug-likeness (QED) is 0.389. The normalized spacial score (nSPS) is 18.5. The molecule has 1 fully saturated rings. The van der Waals surface area contributed by atoms with Crippen LogP contribution in [-0.4, -0.2) is 10.2 Å². The van der Waals surface area contributed by atoms with Crippen LogP contribution in [0.25, 0.3) is 11.1 Å². The molecule has 1 saturated carbocycles. The number of phenols is 2. The van der Waals surface area contributed by atoms with Crippen LogP contribution >= 0.6 is 0 Å². The Morgan fingerprint density at radius 2 is 1.33 bits per heavy atom. The van der Waals surface area contributed by atoms with E-state index in [1.807, 2.05) is 0 Å². The molecule has 0 spiro atoms. The Hall–Kier alpha value is -3.09. The summed E-state index contributed by atoms with van der Waals surface area (Å²) < 4.78 is 70.1. The third kappa shape index (κ3) is 4.68. The van der Waals surface area contributed by atoms with Crippen molar-refractivity contribution >= 4 is 0 Å². The van der Waals surface area contributed by atoms with Gasteiger partial charge in [-0.25, -0.2) is 13.2 Å². The molecule has 0 aliphatic heterocycles. The van der Waals surface area contributed by atoms with Gasteiger partial charge in [0.05, 0.1) is 0 Å². The van der Waals surface area contributed by atoms with E-state index in [2.05, 4.69) is 0 Å². The van der Waals surface area contributed by atoms with Crippen molar-refractivity contribution in [1.29, 1.82) is 0 Å². The summed E-state index contributed by atoms with van der Waals surface area (Å²) in [7, 11) is 0. The third-order valence-corrected chi connectivity index (χ3v) is 6.62. The van der Waals surface area contributed by atoms with E-state index < -0.39 is 40.6 Å². The van der Waals surface area contributed by atoms with E-state index >= 15 is 0 Å². The van der Waals surface area contributed by atoms with Gasteiger partial charge in [0, 0.05) is 5.56 Å². The molecule has 174 valence electrons. The average molecular weight is 462 g/mol. The van der Waals surface area contributed by atoms with Crippen LogP contribution in [0.2, 0.25) is 0 Å². The Balaban J connectivity index is 1.39. The highest BCUT2D eigenvalue weighted by molar-refractivity contribution is 5.66. The zero-order valence-electron chi connectivity index (χ0n) is 17.7. The van der Waals surface area contributed by atoms with Gasteiger partial charge in [-0.1, -0.05) is 18.2 Å². The third-order valence-electron chi connectivity index (χ3n) is 6.62. The highest BCUT2D eigenvalue weighted by Crippen LogP contribution is 2.40. The van der Waals surface area contributed by atoms with E-state index in [1.165, 1.54) is 18.2 Å². The number of phenolic OH excluding ortho intramolecular Hbond substituents is 2. The summed E-state index contributed by atoms with van der Waals surface area (Å²) in [5.74, 6) is -6.57. The zero-order chi connectivity index (χ0) is 23.7. The van der Waals surface area contributed by atoms with Crippen molar-refractivity contribution < 1.29 is 32.2 Å². The van der Waals surface area contributed by atoms with E-state index in [0.717, 1.165) is 37.8 Å². The molecule has 0 aromatic heterocycles. The van der Waals surface area contributed by atoms with Gasteiger partial charge in [0.25, 0.3) is 0 Å². The molecule has 2 N–H and O–H groups in total. The number of hydrogen-bond acceptors (Lipinski definition) is 2. The molecule has 2 nitrogen and oxygen atoms in total. The molecule has 1 aliphatic carbocycles. The maximum absolute atomic E-state index is 14.9. The molecule has 3 aromatic carbocycles. The summed E-state index contributed by atoms with van der Waals surface area (Å²) in [6.45, 7) is 0. The van der Waals surface area contributed by atoms with Gasteiger partial charge in [-0.2, -0.15) is 8.78 Å². The molecule has 33 heavy (non-hydrogen) atoms. The number of rotatable bonds is 5. The lowest BCUT2D eigenvalue weighted by molar-refractivity contribution is 0.305. The summed E-state index contributed by atoms with van der Waals surface area (Å²) in [6.07, 6.45) is 4.11. The molecule has 4 rings (SSSR count). The van der Waals surface area contributed by atoms with Crippen molar-refractivity contribution in [2.45, 2.75) is 44.4 Å². The first kappa shape index (κ1) is 23.1. The Bertz CT molecular complexity index is 1170. The second kappa shape index (κ2) is 9.41. The van der Waals surface area contributed by atoms with E-state index in [4.69, 9.17) is 0 Å². The Kier molecular flexibility index (Phi) is 6.58. The summed E-state index contributed by atoms with van der Waals surface area (Å²) in [6, 6.07) is 9.08. The molecular formula is C26H23F5O2. The Morgan fingerprint density at radius 1 is 0.697 bits per heavy atom. The minimum Gasteiger partial charge on any atom is -0.505 e. The van der Waals surface area contributed by atoms with Gasteiger partial charge >= 0.3 is 0 Å². The molecule has 0 atom stereocenters. The van der Waals surface area contributed by atoms with E-state index in [-0.39, 0.29) is 22.6 Å². The standard InChI is InChI=1S/C26H23F5O2/c27-20-13-17(19-10-12-22(33)26(31)24(19)29)7-9-18(20)15-4-1-14(2-5-15)3-6-16-8-11-21(32)25(30)23(16)28/h7-15,32-33H,1-6H2. The molecule has 3 aromatic rings. The van der Waals surface area contributed by atoms with Crippen molar-refractivity contribution in [1.82, 2.24) is 0 Å². The zero-order valence-corrected chi connectivity index (χ0v) is 17.7. The average Bonchev–Trinajstić information content (AvgIpc) is 2.81. The fraction of sp³-hybridized carbons (Fsp3) is 0.308. The predicted molar refractivity (Wildman–Crippen MR) is 114 cm³/mol. The van der Waals surface area contributed by atoms with E-state index in [0.29, 0.717) is 24.3 Å². The Morgan fingerprint density at radius 3 is 2.00 bits per heavy atom. The summed E-state index contributed by atoms with van der Waals surface area (Å²) >= 11 is 0. The molecule has 1 aliphatic rings. The van der Waals surface area contributed by atoms with Crippen molar-refractivity contribution in [3.63, 3.8) is 0 Å². The highest BCUT2D eigenvalue weighted by Gasteiger charge is 2.25. The van der Waals surface area contributed by atoms with Crippen molar-refractivity contribution in [3.05, 3.63) is 82.7 Å². The lowest BCUT2D eigenvalue weighted by Gasteiger charge is -2.29. The van der Waals surface area contributed by atoms with Crippen molar-refractivity contribution in [2.24, 2.45) is 5.92 Å². The topological polar surface area (TPSA) is 40.5 Å². The SMILES string of the molecule is Oc1ccc(CCC2CCC(c3ccc(-c4ccc(O)c(F)c4F)cc3F)CC2)c(F)c1F. The number of benzene rings is 3. The van der Waals surface area contributed by atoms with Gasteiger partial charge < -0.3 is 10.2 Å². The van der Waals surface area contributed by atoms with Gasteiger partial charge in [-0.15, -0.1) is 0 Å². The molecule has 0 bridgehead atoms. The monoisotopic (exact) mass is 462 g/mol. The highest BCUT2D eigenvalue weighted by atomic mass is 19.2. The van der Waals surface area contributed by atoms with Crippen LogP contribution in [0.1, 0.15) is 49.1 Å². The van der Waals surface area contributed by atoms with Crippen LogP contribution < -0.4 is 0 Å². The van der Waals surface area contributed by atoms with E-state index in [9.17, 15) is 32.2 Å². The van der Waals surface area contributed by atoms with Crippen LogP contribution in [0, 0.1) is 35.0 Å². The van der Waals surface area contributed by atoms with Crippen LogP contribution in [0.3, 0.4) is 0 Å². The smallest absolute Gasteiger partial charge is 0.200 e. The first-order chi connectivity index (χ1) is 15.8. The van der Waals surface area contributed by atoms with Crippen LogP contribution in [0.4, 0.5) is 22.0 Å². The van der Waals surface area contributed by atoms with E-state index in [1.54, 1.807) is 12.1 Å². The molecule has 0 radical (unpaired) electrons. The molecule has 0 saturated heterocycles. The Labute approximate surface area is 188 Å². The molecule has 7 heteroatoms. The lowest BCUT2D eigenvalue weighted by atomic mass is 9.76. The largest absolute Gasteiger partial charge is 0.505 e. The fourth-order valence-electron chi connectivity index (χ4n) is 4.68.